The summed E-state index contributed by atoms with van der Waals surface area (Å²) < 4.78 is 0. The molecular weight excluding hydrogens is 170 g/mol. The SMILES string of the molecule is CC1CN(c2ncc[nH]2)CCS1. The van der Waals surface area contributed by atoms with Gasteiger partial charge in [-0.1, -0.05) is 6.92 Å². The van der Waals surface area contributed by atoms with E-state index in [2.05, 4.69) is 21.8 Å². The maximum Gasteiger partial charge on any atom is 0.202 e. The van der Waals surface area contributed by atoms with Crippen LogP contribution < -0.4 is 4.90 Å². The zero-order chi connectivity index (χ0) is 8.39. The van der Waals surface area contributed by atoms with E-state index in [1.807, 2.05) is 24.2 Å². The van der Waals surface area contributed by atoms with Crippen molar-refractivity contribution in [2.75, 3.05) is 23.7 Å². The van der Waals surface area contributed by atoms with E-state index in [-0.39, 0.29) is 0 Å². The molecule has 1 aromatic rings. The molecule has 2 rings (SSSR count). The van der Waals surface area contributed by atoms with E-state index in [1.54, 1.807) is 0 Å². The fourth-order valence-electron chi connectivity index (χ4n) is 1.44. The first kappa shape index (κ1) is 7.98. The number of rotatable bonds is 1. The molecule has 66 valence electrons. The number of nitrogens with one attached hydrogen (secondary N) is 1. The van der Waals surface area contributed by atoms with Crippen molar-refractivity contribution in [2.24, 2.45) is 0 Å². The van der Waals surface area contributed by atoms with E-state index in [0.717, 1.165) is 24.3 Å². The molecule has 0 aliphatic carbocycles. The molecule has 1 aliphatic rings. The average molecular weight is 183 g/mol. The quantitative estimate of drug-likeness (QED) is 0.713. The monoisotopic (exact) mass is 183 g/mol. The van der Waals surface area contributed by atoms with Gasteiger partial charge in [-0.2, -0.15) is 11.8 Å². The number of imidazole rings is 1. The van der Waals surface area contributed by atoms with Crippen molar-refractivity contribution < 1.29 is 0 Å². The third-order valence-electron chi connectivity index (χ3n) is 2.02. The third kappa shape index (κ3) is 1.58. The second-order valence-electron chi connectivity index (χ2n) is 3.04. The number of aromatic nitrogens is 2. The number of hydrogen-bond donors (Lipinski definition) is 1. The Morgan fingerprint density at radius 1 is 1.75 bits per heavy atom. The van der Waals surface area contributed by atoms with Crippen LogP contribution in [0.4, 0.5) is 5.95 Å². The van der Waals surface area contributed by atoms with Crippen LogP contribution in [0.1, 0.15) is 6.92 Å². The van der Waals surface area contributed by atoms with Crippen molar-refractivity contribution in [1.29, 1.82) is 0 Å². The van der Waals surface area contributed by atoms with Crippen molar-refractivity contribution in [1.82, 2.24) is 9.97 Å². The van der Waals surface area contributed by atoms with Crippen molar-refractivity contribution in [3.05, 3.63) is 12.4 Å². The van der Waals surface area contributed by atoms with Crippen LogP contribution in [-0.4, -0.2) is 34.1 Å². The maximum atomic E-state index is 4.24. The number of thioether (sulfide) groups is 1. The van der Waals surface area contributed by atoms with E-state index in [4.69, 9.17) is 0 Å². The van der Waals surface area contributed by atoms with E-state index in [0.29, 0.717) is 0 Å². The maximum absolute atomic E-state index is 4.24. The first-order chi connectivity index (χ1) is 5.86. The van der Waals surface area contributed by atoms with Crippen LogP contribution in [0.5, 0.6) is 0 Å². The number of nitrogens with zero attached hydrogens (tertiary/aromatic N) is 2. The number of hydrogen-bond acceptors (Lipinski definition) is 3. The first-order valence-corrected chi connectivity index (χ1v) is 5.27. The summed E-state index contributed by atoms with van der Waals surface area (Å²) in [7, 11) is 0. The molecule has 1 atom stereocenters. The predicted octanol–water partition coefficient (Wildman–Crippen LogP) is 1.35. The molecule has 0 radical (unpaired) electrons. The average Bonchev–Trinajstić information content (AvgIpc) is 2.56. The molecule has 1 N–H and O–H groups in total. The molecule has 0 spiro atoms. The highest BCUT2D eigenvalue weighted by Crippen LogP contribution is 2.20. The Hall–Kier alpha value is -0.640. The van der Waals surface area contributed by atoms with Crippen molar-refractivity contribution in [2.45, 2.75) is 12.2 Å². The highest BCUT2D eigenvalue weighted by molar-refractivity contribution is 8.00. The van der Waals surface area contributed by atoms with Gasteiger partial charge in [0.25, 0.3) is 0 Å². The van der Waals surface area contributed by atoms with Gasteiger partial charge in [-0.25, -0.2) is 4.98 Å². The number of H-pyrrole nitrogens is 1. The zero-order valence-electron chi connectivity index (χ0n) is 7.16. The minimum Gasteiger partial charge on any atom is -0.341 e. The molecule has 0 saturated carbocycles. The summed E-state index contributed by atoms with van der Waals surface area (Å²) >= 11 is 2.04. The lowest BCUT2D eigenvalue weighted by Crippen LogP contribution is -2.37. The summed E-state index contributed by atoms with van der Waals surface area (Å²) in [5, 5.41) is 0.726. The standard InChI is InChI=1S/C8H13N3S/c1-7-6-11(4-5-12-7)8-9-2-3-10-8/h2-3,7H,4-6H2,1H3,(H,9,10). The van der Waals surface area contributed by atoms with E-state index in [9.17, 15) is 0 Å². The highest BCUT2D eigenvalue weighted by Gasteiger charge is 2.17. The lowest BCUT2D eigenvalue weighted by Gasteiger charge is -2.30. The molecule has 1 unspecified atom stereocenters. The fourth-order valence-corrected chi connectivity index (χ4v) is 2.45. The highest BCUT2D eigenvalue weighted by atomic mass is 32.2. The fraction of sp³-hybridized carbons (Fsp3) is 0.625. The van der Waals surface area contributed by atoms with Gasteiger partial charge in [0, 0.05) is 36.5 Å². The van der Waals surface area contributed by atoms with Crippen LogP contribution in [0.2, 0.25) is 0 Å². The second kappa shape index (κ2) is 3.39. The summed E-state index contributed by atoms with van der Waals surface area (Å²) in [5.41, 5.74) is 0. The van der Waals surface area contributed by atoms with Gasteiger partial charge in [0.15, 0.2) is 0 Å². The smallest absolute Gasteiger partial charge is 0.202 e. The van der Waals surface area contributed by atoms with Crippen LogP contribution in [-0.2, 0) is 0 Å². The summed E-state index contributed by atoms with van der Waals surface area (Å²) in [6.07, 6.45) is 3.68. The van der Waals surface area contributed by atoms with Crippen molar-refractivity contribution in [3.8, 4) is 0 Å². The van der Waals surface area contributed by atoms with Gasteiger partial charge in [0.1, 0.15) is 0 Å². The van der Waals surface area contributed by atoms with Crippen LogP contribution >= 0.6 is 11.8 Å². The lowest BCUT2D eigenvalue weighted by molar-refractivity contribution is 0.761. The molecule has 12 heavy (non-hydrogen) atoms. The van der Waals surface area contributed by atoms with Gasteiger partial charge in [0.2, 0.25) is 5.95 Å². The summed E-state index contributed by atoms with van der Waals surface area (Å²) in [6, 6.07) is 0. The topological polar surface area (TPSA) is 31.9 Å². The molecular formula is C8H13N3S. The summed E-state index contributed by atoms with van der Waals surface area (Å²) in [4.78, 5) is 9.68. The van der Waals surface area contributed by atoms with Gasteiger partial charge in [-0.15, -0.1) is 0 Å². The van der Waals surface area contributed by atoms with E-state index >= 15 is 0 Å². The van der Waals surface area contributed by atoms with Crippen molar-refractivity contribution in [3.63, 3.8) is 0 Å². The van der Waals surface area contributed by atoms with Gasteiger partial charge < -0.3 is 9.88 Å². The van der Waals surface area contributed by atoms with Crippen molar-refractivity contribution >= 4 is 17.7 Å². The van der Waals surface area contributed by atoms with Crippen LogP contribution in [0.15, 0.2) is 12.4 Å². The van der Waals surface area contributed by atoms with Gasteiger partial charge in [-0.3, -0.25) is 0 Å². The normalized spacial score (nSPS) is 24.4. The Bertz CT molecular complexity index is 234. The molecule has 1 saturated heterocycles. The number of anilines is 1. The molecule has 0 amide bonds. The largest absolute Gasteiger partial charge is 0.341 e. The molecule has 2 heterocycles. The predicted molar refractivity (Wildman–Crippen MR) is 52.7 cm³/mol. The Morgan fingerprint density at radius 2 is 2.67 bits per heavy atom. The molecule has 1 fully saturated rings. The summed E-state index contributed by atoms with van der Waals surface area (Å²) in [6.45, 7) is 4.49. The molecule has 0 bridgehead atoms. The van der Waals surface area contributed by atoms with Crippen LogP contribution in [0, 0.1) is 0 Å². The lowest BCUT2D eigenvalue weighted by atomic mass is 10.4. The molecule has 3 nitrogen and oxygen atoms in total. The Kier molecular flexibility index (Phi) is 2.26. The van der Waals surface area contributed by atoms with Crippen LogP contribution in [0.3, 0.4) is 0 Å². The third-order valence-corrected chi connectivity index (χ3v) is 3.16. The minimum atomic E-state index is 0.726. The Morgan fingerprint density at radius 3 is 3.33 bits per heavy atom. The van der Waals surface area contributed by atoms with E-state index in [1.165, 1.54) is 5.75 Å². The zero-order valence-corrected chi connectivity index (χ0v) is 7.97. The van der Waals surface area contributed by atoms with Gasteiger partial charge >= 0.3 is 0 Å². The molecule has 0 aromatic carbocycles. The number of aromatic amines is 1. The Labute approximate surface area is 76.6 Å². The minimum absolute atomic E-state index is 0.726. The first-order valence-electron chi connectivity index (χ1n) is 4.22. The van der Waals surface area contributed by atoms with Gasteiger partial charge in [-0.05, 0) is 0 Å². The van der Waals surface area contributed by atoms with Crippen LogP contribution in [0.25, 0.3) is 0 Å². The Balaban J connectivity index is 2.04. The second-order valence-corrected chi connectivity index (χ2v) is 4.59. The molecule has 1 aliphatic heterocycles. The van der Waals surface area contributed by atoms with Gasteiger partial charge in [0.05, 0.1) is 0 Å². The molecule has 1 aromatic heterocycles. The summed E-state index contributed by atoms with van der Waals surface area (Å²) in [5.74, 6) is 2.23. The molecule has 4 heteroatoms. The van der Waals surface area contributed by atoms with E-state index < -0.39 is 0 Å².